The number of urea groups is 1. The molecule has 3 aromatic rings. The van der Waals surface area contributed by atoms with E-state index in [4.69, 9.17) is 17.3 Å². The van der Waals surface area contributed by atoms with E-state index < -0.39 is 6.03 Å². The SMILES string of the molecule is CC[C@@H]1CN(Cc2ccc(F)cc2)CCN1.CC[C@@H]1CN(Cc2ccc(F)cc2)CCN1C(=O)/C=C/c1ccc(Cl)cc1NC(N)=O. The average molecular weight is 667 g/mol. The molecule has 2 heterocycles. The second-order valence-corrected chi connectivity index (χ2v) is 12.4. The Bertz CT molecular complexity index is 1490. The number of carbonyl (C=O) groups is 2. The maximum Gasteiger partial charge on any atom is 0.316 e. The smallest absolute Gasteiger partial charge is 0.316 e. The van der Waals surface area contributed by atoms with E-state index in [2.05, 4.69) is 34.3 Å². The summed E-state index contributed by atoms with van der Waals surface area (Å²) in [6.07, 6.45) is 5.16. The van der Waals surface area contributed by atoms with E-state index in [1.807, 2.05) is 17.0 Å². The minimum Gasteiger partial charge on any atom is -0.351 e. The van der Waals surface area contributed by atoms with E-state index in [-0.39, 0.29) is 23.6 Å². The number of benzene rings is 3. The monoisotopic (exact) mass is 666 g/mol. The lowest BCUT2D eigenvalue weighted by atomic mass is 10.1. The molecule has 2 aliphatic rings. The molecule has 0 spiro atoms. The van der Waals surface area contributed by atoms with Crippen LogP contribution in [0.25, 0.3) is 6.08 Å². The van der Waals surface area contributed by atoms with Gasteiger partial charge < -0.3 is 21.3 Å². The number of hydrogen-bond acceptors (Lipinski definition) is 5. The van der Waals surface area contributed by atoms with Gasteiger partial charge in [0.1, 0.15) is 11.6 Å². The lowest BCUT2D eigenvalue weighted by molar-refractivity contribution is -0.131. The predicted octanol–water partition coefficient (Wildman–Crippen LogP) is 6.12. The van der Waals surface area contributed by atoms with Crippen molar-refractivity contribution < 1.29 is 18.4 Å². The molecule has 11 heteroatoms. The van der Waals surface area contributed by atoms with Crippen LogP contribution in [0.5, 0.6) is 0 Å². The third-order valence-corrected chi connectivity index (χ3v) is 8.71. The summed E-state index contributed by atoms with van der Waals surface area (Å²) < 4.78 is 25.9. The van der Waals surface area contributed by atoms with Crippen molar-refractivity contribution in [2.45, 2.75) is 51.9 Å². The van der Waals surface area contributed by atoms with Crippen LogP contribution in [-0.4, -0.2) is 78.0 Å². The van der Waals surface area contributed by atoms with Gasteiger partial charge in [0.05, 0.1) is 5.69 Å². The second kappa shape index (κ2) is 17.9. The predicted molar refractivity (Wildman–Crippen MR) is 185 cm³/mol. The number of piperazine rings is 2. The highest BCUT2D eigenvalue weighted by molar-refractivity contribution is 6.31. The van der Waals surface area contributed by atoms with Crippen molar-refractivity contribution in [3.05, 3.63) is 106 Å². The quantitative estimate of drug-likeness (QED) is 0.240. The summed E-state index contributed by atoms with van der Waals surface area (Å²) in [7, 11) is 0. The maximum atomic E-state index is 13.1. The van der Waals surface area contributed by atoms with Crippen LogP contribution >= 0.6 is 11.6 Å². The first-order chi connectivity index (χ1) is 22.6. The summed E-state index contributed by atoms with van der Waals surface area (Å²) in [6.45, 7) is 11.2. The zero-order valence-corrected chi connectivity index (χ0v) is 27.9. The standard InChI is InChI=1S/C23H26ClFN4O2.C13H19FN2/c1-2-20-15-28(14-16-3-8-19(25)9-4-16)11-12-29(20)22(30)10-6-17-5-7-18(24)13-21(17)27-23(26)31;1-2-13-10-16(8-7-15-13)9-11-3-5-12(14)6-4-11/h3-10,13,20H,2,11-12,14-15H2,1H3,(H3,26,27,31);3-6,13,15H,2,7-10H2,1H3/b10-6+;/t20-;13-/m11/s1. The fourth-order valence-corrected chi connectivity index (χ4v) is 6.05. The van der Waals surface area contributed by atoms with Crippen molar-refractivity contribution in [2.24, 2.45) is 5.73 Å². The van der Waals surface area contributed by atoms with Gasteiger partial charge >= 0.3 is 6.03 Å². The molecule has 0 bridgehead atoms. The Hall–Kier alpha value is -3.83. The molecular weight excluding hydrogens is 622 g/mol. The van der Waals surface area contributed by atoms with E-state index in [1.54, 1.807) is 36.4 Å². The van der Waals surface area contributed by atoms with Crippen molar-refractivity contribution in [1.82, 2.24) is 20.0 Å². The molecule has 2 atom stereocenters. The Morgan fingerprint density at radius 2 is 1.51 bits per heavy atom. The minimum atomic E-state index is -0.702. The summed E-state index contributed by atoms with van der Waals surface area (Å²) in [5.41, 5.74) is 8.54. The van der Waals surface area contributed by atoms with Gasteiger partial charge in [-0.3, -0.25) is 14.6 Å². The first kappa shape index (κ1) is 36.0. The van der Waals surface area contributed by atoms with E-state index in [0.29, 0.717) is 28.9 Å². The summed E-state index contributed by atoms with van der Waals surface area (Å²) >= 11 is 5.99. The van der Waals surface area contributed by atoms with Gasteiger partial charge in [-0.2, -0.15) is 0 Å². The normalized spacial score (nSPS) is 18.9. The van der Waals surface area contributed by atoms with Crippen molar-refractivity contribution in [3.8, 4) is 0 Å². The summed E-state index contributed by atoms with van der Waals surface area (Å²) in [5, 5.41) is 6.46. The van der Waals surface area contributed by atoms with E-state index in [9.17, 15) is 18.4 Å². The number of primary amides is 1. The number of halogens is 3. The zero-order valence-electron chi connectivity index (χ0n) is 27.1. The summed E-state index contributed by atoms with van der Waals surface area (Å²) in [6, 6.07) is 18.3. The van der Waals surface area contributed by atoms with Crippen molar-refractivity contribution in [1.29, 1.82) is 0 Å². The van der Waals surface area contributed by atoms with Crippen LogP contribution in [-0.2, 0) is 17.9 Å². The molecule has 0 aliphatic carbocycles. The average Bonchev–Trinajstić information content (AvgIpc) is 3.06. The highest BCUT2D eigenvalue weighted by Gasteiger charge is 2.28. The molecule has 0 aromatic heterocycles. The van der Waals surface area contributed by atoms with Gasteiger partial charge in [0.15, 0.2) is 0 Å². The van der Waals surface area contributed by atoms with Crippen molar-refractivity contribution in [3.63, 3.8) is 0 Å². The fraction of sp³-hybridized carbons (Fsp3) is 0.389. The molecular formula is C36H45ClF2N6O2. The molecule has 3 amide bonds. The largest absolute Gasteiger partial charge is 0.351 e. The molecule has 8 nitrogen and oxygen atoms in total. The molecule has 5 rings (SSSR count). The van der Waals surface area contributed by atoms with Gasteiger partial charge in [0.2, 0.25) is 5.91 Å². The van der Waals surface area contributed by atoms with Gasteiger partial charge in [-0.1, -0.05) is 55.8 Å². The molecule has 47 heavy (non-hydrogen) atoms. The number of anilines is 1. The number of nitrogens with zero attached hydrogens (tertiary/aromatic N) is 3. The molecule has 3 aromatic carbocycles. The molecule has 0 saturated carbocycles. The number of carbonyl (C=O) groups excluding carboxylic acids is 2. The van der Waals surface area contributed by atoms with Gasteiger partial charge in [-0.15, -0.1) is 0 Å². The molecule has 2 aliphatic heterocycles. The van der Waals surface area contributed by atoms with Crippen LogP contribution in [0.15, 0.2) is 72.8 Å². The van der Waals surface area contributed by atoms with Crippen LogP contribution in [0.3, 0.4) is 0 Å². The molecule has 0 unspecified atom stereocenters. The molecule has 2 saturated heterocycles. The Labute approximate surface area is 281 Å². The third-order valence-electron chi connectivity index (χ3n) is 8.47. The second-order valence-electron chi connectivity index (χ2n) is 11.9. The first-order valence-electron chi connectivity index (χ1n) is 16.1. The van der Waals surface area contributed by atoms with Crippen LogP contribution < -0.4 is 16.4 Å². The fourth-order valence-electron chi connectivity index (χ4n) is 5.88. The first-order valence-corrected chi connectivity index (χ1v) is 16.5. The highest BCUT2D eigenvalue weighted by Crippen LogP contribution is 2.23. The lowest BCUT2D eigenvalue weighted by Gasteiger charge is -2.41. The van der Waals surface area contributed by atoms with E-state index in [1.165, 1.54) is 42.3 Å². The maximum absolute atomic E-state index is 13.1. The summed E-state index contributed by atoms with van der Waals surface area (Å²) in [5.74, 6) is -0.490. The van der Waals surface area contributed by atoms with Crippen LogP contribution in [0.2, 0.25) is 5.02 Å². The number of hydrogen-bond donors (Lipinski definition) is 3. The van der Waals surface area contributed by atoms with Crippen LogP contribution in [0, 0.1) is 11.6 Å². The van der Waals surface area contributed by atoms with Crippen molar-refractivity contribution in [2.75, 3.05) is 44.6 Å². The molecule has 252 valence electrons. The Kier molecular flexibility index (Phi) is 13.7. The van der Waals surface area contributed by atoms with E-state index in [0.717, 1.165) is 57.8 Å². The Morgan fingerprint density at radius 1 is 0.894 bits per heavy atom. The highest BCUT2D eigenvalue weighted by atomic mass is 35.5. The van der Waals surface area contributed by atoms with Gasteiger partial charge in [-0.05, 0) is 72.0 Å². The Balaban J connectivity index is 0.000000261. The van der Waals surface area contributed by atoms with E-state index >= 15 is 0 Å². The van der Waals surface area contributed by atoms with Gasteiger partial charge in [-0.25, -0.2) is 13.6 Å². The molecule has 0 radical (unpaired) electrons. The number of amides is 3. The van der Waals surface area contributed by atoms with Gasteiger partial charge in [0, 0.05) is 75.5 Å². The number of nitrogens with two attached hydrogens (primary N) is 1. The lowest BCUT2D eigenvalue weighted by Crippen LogP contribution is -2.54. The minimum absolute atomic E-state index is 0.0831. The number of rotatable bonds is 9. The zero-order chi connectivity index (χ0) is 33.8. The topological polar surface area (TPSA) is 93.9 Å². The Morgan fingerprint density at radius 3 is 2.09 bits per heavy atom. The van der Waals surface area contributed by atoms with Crippen LogP contribution in [0.1, 0.15) is 43.4 Å². The van der Waals surface area contributed by atoms with Crippen LogP contribution in [0.4, 0.5) is 19.3 Å². The van der Waals surface area contributed by atoms with Gasteiger partial charge in [0.25, 0.3) is 0 Å². The van der Waals surface area contributed by atoms with Crippen molar-refractivity contribution >= 4 is 35.3 Å². The summed E-state index contributed by atoms with van der Waals surface area (Å²) in [4.78, 5) is 30.7. The number of nitrogens with one attached hydrogen (secondary N) is 2. The third kappa shape index (κ3) is 11.4. The molecule has 4 N–H and O–H groups in total. The molecule has 2 fully saturated rings.